The van der Waals surface area contributed by atoms with Crippen molar-refractivity contribution in [1.82, 2.24) is 24.6 Å². The van der Waals surface area contributed by atoms with E-state index in [0.717, 1.165) is 32.4 Å². The van der Waals surface area contributed by atoms with E-state index in [9.17, 15) is 28.3 Å². The third-order valence-electron chi connectivity index (χ3n) is 9.37. The van der Waals surface area contributed by atoms with E-state index >= 15 is 0 Å². The molecule has 13 heteroatoms. The number of carbonyl (C=O) groups is 1. The smallest absolute Gasteiger partial charge is 0.392 e. The van der Waals surface area contributed by atoms with Gasteiger partial charge in [-0.15, -0.1) is 10.2 Å². The van der Waals surface area contributed by atoms with Gasteiger partial charge < -0.3 is 15.0 Å². The van der Waals surface area contributed by atoms with Crippen LogP contribution in [-0.4, -0.2) is 61.4 Å². The number of nitriles is 1. The number of carbonyl (C=O) groups excluding carboxylic acids is 1. The van der Waals surface area contributed by atoms with Crippen LogP contribution in [0, 0.1) is 16.7 Å². The Kier molecular flexibility index (Phi) is 7.52. The van der Waals surface area contributed by atoms with Gasteiger partial charge in [0, 0.05) is 37.8 Å². The van der Waals surface area contributed by atoms with Crippen molar-refractivity contribution in [1.29, 1.82) is 5.26 Å². The molecule has 2 fully saturated rings. The number of amides is 1. The highest BCUT2D eigenvalue weighted by molar-refractivity contribution is 6.10. The molecule has 10 nitrogen and oxygen atoms in total. The Morgan fingerprint density at radius 2 is 1.91 bits per heavy atom. The number of rotatable bonds is 8. The van der Waals surface area contributed by atoms with E-state index < -0.39 is 23.8 Å². The molecule has 1 atom stereocenters. The second-order valence-electron chi connectivity index (χ2n) is 13.0. The van der Waals surface area contributed by atoms with Crippen LogP contribution in [0.25, 0.3) is 22.5 Å². The Bertz CT molecular complexity index is 1930. The lowest BCUT2D eigenvalue weighted by Gasteiger charge is -2.19. The summed E-state index contributed by atoms with van der Waals surface area (Å²) in [7, 11) is 1.78. The molecule has 2 aromatic carbocycles. The Labute approximate surface area is 269 Å². The number of anilines is 2. The fourth-order valence-corrected chi connectivity index (χ4v) is 6.73. The molecule has 2 aromatic heterocycles. The number of nitrogens with one attached hydrogen (secondary N) is 1. The lowest BCUT2D eigenvalue weighted by atomic mass is 9.97. The molecule has 1 aliphatic carbocycles. The molecule has 4 heterocycles. The van der Waals surface area contributed by atoms with Gasteiger partial charge in [0.25, 0.3) is 5.91 Å². The fourth-order valence-electron chi connectivity index (χ4n) is 6.73. The number of halogens is 3. The van der Waals surface area contributed by atoms with Gasteiger partial charge in [-0.25, -0.2) is 4.98 Å². The van der Waals surface area contributed by atoms with Gasteiger partial charge in [0.2, 0.25) is 0 Å². The lowest BCUT2D eigenvalue weighted by molar-refractivity contribution is -0.138. The zero-order valence-electron chi connectivity index (χ0n) is 26.0. The minimum atomic E-state index is -4.65. The predicted molar refractivity (Wildman–Crippen MR) is 168 cm³/mol. The minimum Gasteiger partial charge on any atom is -0.392 e. The second kappa shape index (κ2) is 11.5. The minimum absolute atomic E-state index is 0.0205. The van der Waals surface area contributed by atoms with Crippen LogP contribution < -0.4 is 10.2 Å². The van der Waals surface area contributed by atoms with Gasteiger partial charge in [-0.1, -0.05) is 0 Å². The number of aliphatic hydroxyl groups is 1. The van der Waals surface area contributed by atoms with E-state index in [1.54, 1.807) is 61.3 Å². The molecule has 242 valence electrons. The van der Waals surface area contributed by atoms with Crippen LogP contribution in [0.5, 0.6) is 0 Å². The number of nitrogens with zero attached hydrogens (tertiary/aromatic N) is 7. The van der Waals surface area contributed by atoms with E-state index in [1.807, 2.05) is 0 Å². The lowest BCUT2D eigenvalue weighted by Crippen LogP contribution is -2.25. The van der Waals surface area contributed by atoms with Gasteiger partial charge in [-0.2, -0.15) is 18.4 Å². The van der Waals surface area contributed by atoms with Crippen molar-refractivity contribution in [3.05, 3.63) is 76.6 Å². The molecular formula is C34H33F3N8O2. The van der Waals surface area contributed by atoms with Crippen molar-refractivity contribution in [2.24, 2.45) is 12.5 Å². The summed E-state index contributed by atoms with van der Waals surface area (Å²) in [5.41, 5.74) is 2.08. The van der Waals surface area contributed by atoms with E-state index in [-0.39, 0.29) is 30.0 Å². The van der Waals surface area contributed by atoms with Crippen molar-refractivity contribution < 1.29 is 23.1 Å². The summed E-state index contributed by atoms with van der Waals surface area (Å²) in [6.45, 7) is 3.49. The average Bonchev–Trinajstić information content (AvgIpc) is 3.29. The molecule has 7 rings (SSSR count). The Balaban J connectivity index is 1.30. The molecule has 1 amide bonds. The summed E-state index contributed by atoms with van der Waals surface area (Å²) in [4.78, 5) is 22.0. The summed E-state index contributed by atoms with van der Waals surface area (Å²) in [6.07, 6.45) is -0.450. The maximum absolute atomic E-state index is 14.5. The Hall–Kier alpha value is -4.80. The highest BCUT2D eigenvalue weighted by Crippen LogP contribution is 2.53. The standard InChI is InChI=1S/C34H33F3N8O2/c1-20(46)15-39-29-12-23(25-9-21(14-38)3-4-24(25)31-42-40-19-43(31)2)13-30(41-29)45-17-27-26(32(45)47)10-22(11-28(27)34(35,36)37)16-44-8-7-33(18-44)5-6-33/h3-4,9-13,19-20,46H,5-8,15-18H2,1-2H3,(H,39,41)/t20-/m0/s1. The van der Waals surface area contributed by atoms with Gasteiger partial charge in [0.1, 0.15) is 18.0 Å². The zero-order valence-corrected chi connectivity index (χ0v) is 26.0. The number of likely N-dealkylation sites (tertiary alicyclic amines) is 1. The van der Waals surface area contributed by atoms with Crippen LogP contribution in [0.3, 0.4) is 0 Å². The number of pyridine rings is 1. The van der Waals surface area contributed by atoms with Gasteiger partial charge in [-0.05, 0) is 103 Å². The monoisotopic (exact) mass is 642 g/mol. The molecule has 0 radical (unpaired) electrons. The third kappa shape index (κ3) is 5.94. The van der Waals surface area contributed by atoms with Crippen LogP contribution in [0.1, 0.15) is 58.8 Å². The Morgan fingerprint density at radius 1 is 1.11 bits per heavy atom. The number of hydrogen-bond acceptors (Lipinski definition) is 8. The van der Waals surface area contributed by atoms with E-state index in [0.29, 0.717) is 51.4 Å². The summed E-state index contributed by atoms with van der Waals surface area (Å²) >= 11 is 0. The molecule has 3 aliphatic rings. The number of benzene rings is 2. The van der Waals surface area contributed by atoms with Gasteiger partial charge in [0.15, 0.2) is 5.82 Å². The summed E-state index contributed by atoms with van der Waals surface area (Å²) < 4.78 is 45.2. The van der Waals surface area contributed by atoms with Crippen molar-refractivity contribution in [3.63, 3.8) is 0 Å². The summed E-state index contributed by atoms with van der Waals surface area (Å²) in [6, 6.07) is 13.4. The molecule has 4 aromatic rings. The first-order chi connectivity index (χ1) is 22.4. The van der Waals surface area contributed by atoms with E-state index in [1.165, 1.54) is 11.0 Å². The maximum atomic E-state index is 14.5. The Morgan fingerprint density at radius 3 is 2.57 bits per heavy atom. The molecule has 47 heavy (non-hydrogen) atoms. The normalized spacial score (nSPS) is 17.6. The topological polar surface area (TPSA) is 123 Å². The van der Waals surface area contributed by atoms with E-state index in [4.69, 9.17) is 0 Å². The molecule has 0 unspecified atom stereocenters. The first-order valence-corrected chi connectivity index (χ1v) is 15.5. The molecular weight excluding hydrogens is 609 g/mol. The number of fused-ring (bicyclic) bond motifs is 1. The largest absolute Gasteiger partial charge is 0.416 e. The van der Waals surface area contributed by atoms with Crippen LogP contribution in [-0.2, 0) is 26.3 Å². The van der Waals surface area contributed by atoms with Crippen LogP contribution in [0.15, 0.2) is 48.8 Å². The first kappa shape index (κ1) is 30.8. The molecule has 1 spiro atoms. The molecule has 1 saturated carbocycles. The van der Waals surface area contributed by atoms with Crippen molar-refractivity contribution >= 4 is 17.5 Å². The third-order valence-corrected chi connectivity index (χ3v) is 9.37. The van der Waals surface area contributed by atoms with Gasteiger partial charge in [0.05, 0.1) is 29.8 Å². The number of aliphatic hydroxyl groups excluding tert-OH is 1. The van der Waals surface area contributed by atoms with Crippen molar-refractivity contribution in [3.8, 4) is 28.6 Å². The molecule has 1 saturated heterocycles. The van der Waals surface area contributed by atoms with Gasteiger partial charge >= 0.3 is 6.18 Å². The van der Waals surface area contributed by atoms with Gasteiger partial charge in [-0.3, -0.25) is 14.6 Å². The summed E-state index contributed by atoms with van der Waals surface area (Å²) in [5, 5.41) is 30.9. The first-order valence-electron chi connectivity index (χ1n) is 15.5. The SMILES string of the molecule is C[C@H](O)CNc1cc(-c2cc(C#N)ccc2-c2nncn2C)cc(N2Cc3c(cc(CN4CCC5(CC5)C4)cc3C(F)(F)F)C2=O)n1. The second-order valence-corrected chi connectivity index (χ2v) is 13.0. The van der Waals surface area contributed by atoms with Crippen LogP contribution in [0.4, 0.5) is 24.8 Å². The van der Waals surface area contributed by atoms with E-state index in [2.05, 4.69) is 31.5 Å². The van der Waals surface area contributed by atoms with Crippen LogP contribution in [0.2, 0.25) is 0 Å². The molecule has 2 N–H and O–H groups in total. The maximum Gasteiger partial charge on any atom is 0.416 e. The van der Waals surface area contributed by atoms with Crippen molar-refractivity contribution in [2.75, 3.05) is 29.9 Å². The zero-order chi connectivity index (χ0) is 33.1. The number of aryl methyl sites for hydroxylation is 1. The highest BCUT2D eigenvalue weighted by atomic mass is 19.4. The number of hydrogen-bond donors (Lipinski definition) is 2. The number of alkyl halides is 3. The molecule has 2 aliphatic heterocycles. The quantitative estimate of drug-likeness (QED) is 0.263. The summed E-state index contributed by atoms with van der Waals surface area (Å²) in [5.74, 6) is 0.387. The van der Waals surface area contributed by atoms with Crippen LogP contribution >= 0.6 is 0 Å². The molecule has 0 bridgehead atoms. The van der Waals surface area contributed by atoms with Crippen molar-refractivity contribution in [2.45, 2.75) is 51.6 Å². The highest BCUT2D eigenvalue weighted by Gasteiger charge is 2.47. The predicted octanol–water partition coefficient (Wildman–Crippen LogP) is 5.37. The average molecular weight is 643 g/mol. The number of aromatic nitrogens is 4. The fraction of sp³-hybridized carbons (Fsp3) is 0.382.